The maximum absolute atomic E-state index is 13.6. The molecule has 0 saturated carbocycles. The number of nitrogens with zero attached hydrogens (tertiary/aromatic N) is 3. The third kappa shape index (κ3) is 4.79. The van der Waals surface area contributed by atoms with Crippen LogP contribution < -0.4 is 0 Å². The maximum Gasteiger partial charge on any atom is 0.257 e. The molecule has 2 heterocycles. The quantitative estimate of drug-likeness (QED) is 0.702. The van der Waals surface area contributed by atoms with Gasteiger partial charge in [0.1, 0.15) is 0 Å². The number of rotatable bonds is 4. The second-order valence-corrected chi connectivity index (χ2v) is 9.63. The van der Waals surface area contributed by atoms with Gasteiger partial charge in [0, 0.05) is 25.1 Å². The van der Waals surface area contributed by atoms with Crippen molar-refractivity contribution in [3.05, 3.63) is 69.8 Å². The van der Waals surface area contributed by atoms with Gasteiger partial charge in [0.05, 0.1) is 30.5 Å². The first-order valence-corrected chi connectivity index (χ1v) is 11.6. The van der Waals surface area contributed by atoms with Gasteiger partial charge in [0.15, 0.2) is 0 Å². The van der Waals surface area contributed by atoms with E-state index in [0.29, 0.717) is 6.54 Å². The van der Waals surface area contributed by atoms with Gasteiger partial charge in [0.25, 0.3) is 5.91 Å². The molecule has 2 aromatic carbocycles. The molecule has 0 aromatic heterocycles. The Kier molecular flexibility index (Phi) is 6.50. The predicted octanol–water partition coefficient (Wildman–Crippen LogP) is 4.71. The zero-order valence-electron chi connectivity index (χ0n) is 20.2. The van der Waals surface area contributed by atoms with Crippen molar-refractivity contribution >= 4 is 11.6 Å². The molecule has 1 fully saturated rings. The third-order valence-electron chi connectivity index (χ3n) is 6.52. The summed E-state index contributed by atoms with van der Waals surface area (Å²) in [6.45, 7) is 14.5. The van der Waals surface area contributed by atoms with E-state index in [1.54, 1.807) is 5.01 Å². The van der Waals surface area contributed by atoms with Crippen LogP contribution in [-0.4, -0.2) is 53.4 Å². The van der Waals surface area contributed by atoms with Crippen molar-refractivity contribution in [2.24, 2.45) is 5.10 Å². The normalized spacial score (nSPS) is 24.0. The van der Waals surface area contributed by atoms with Gasteiger partial charge in [0.2, 0.25) is 0 Å². The number of hydrazone groups is 1. The molecule has 5 heteroatoms. The zero-order valence-corrected chi connectivity index (χ0v) is 20.2. The minimum absolute atomic E-state index is 0.0533. The highest BCUT2D eigenvalue weighted by atomic mass is 16.5. The van der Waals surface area contributed by atoms with E-state index in [1.807, 2.05) is 0 Å². The van der Waals surface area contributed by atoms with Gasteiger partial charge in [-0.2, -0.15) is 5.10 Å². The topological polar surface area (TPSA) is 45.1 Å². The van der Waals surface area contributed by atoms with Crippen LogP contribution in [0.2, 0.25) is 0 Å². The van der Waals surface area contributed by atoms with E-state index < -0.39 is 0 Å². The molecule has 0 spiro atoms. The standard InChI is InChI=1S/C27H35N3O2/c1-17-7-9-19(3)23(11-17)25-13-26(24-12-18(2)8-10-20(24)4)30(28-25)27(31)16-29-14-21(5)32-22(6)15-29/h7-12,21-22,26H,13-16H2,1-6H3. The van der Waals surface area contributed by atoms with E-state index in [0.717, 1.165) is 30.8 Å². The first-order chi connectivity index (χ1) is 15.2. The molecule has 0 N–H and O–H groups in total. The van der Waals surface area contributed by atoms with Crippen LogP contribution >= 0.6 is 0 Å². The van der Waals surface area contributed by atoms with E-state index in [4.69, 9.17) is 9.84 Å². The van der Waals surface area contributed by atoms with Crippen LogP contribution in [0.25, 0.3) is 0 Å². The Morgan fingerprint density at radius 3 is 2.28 bits per heavy atom. The Hall–Kier alpha value is -2.50. The molecule has 4 rings (SSSR count). The fourth-order valence-corrected chi connectivity index (χ4v) is 4.99. The smallest absolute Gasteiger partial charge is 0.257 e. The van der Waals surface area contributed by atoms with Crippen molar-refractivity contribution in [2.75, 3.05) is 19.6 Å². The maximum atomic E-state index is 13.6. The van der Waals surface area contributed by atoms with Crippen LogP contribution in [0.15, 0.2) is 41.5 Å². The Balaban J connectivity index is 1.67. The molecule has 0 bridgehead atoms. The summed E-state index contributed by atoms with van der Waals surface area (Å²) >= 11 is 0. The molecule has 2 aliphatic heterocycles. The summed E-state index contributed by atoms with van der Waals surface area (Å²) in [4.78, 5) is 15.8. The van der Waals surface area contributed by atoms with Crippen molar-refractivity contribution in [1.82, 2.24) is 9.91 Å². The lowest BCUT2D eigenvalue weighted by atomic mass is 9.92. The molecule has 0 aliphatic carbocycles. The largest absolute Gasteiger partial charge is 0.373 e. The van der Waals surface area contributed by atoms with Crippen LogP contribution in [0.5, 0.6) is 0 Å². The molecular weight excluding hydrogens is 398 g/mol. The van der Waals surface area contributed by atoms with Crippen LogP contribution in [0.3, 0.4) is 0 Å². The van der Waals surface area contributed by atoms with E-state index in [2.05, 4.69) is 82.8 Å². The Labute approximate surface area is 192 Å². The van der Waals surface area contributed by atoms with E-state index in [-0.39, 0.29) is 24.2 Å². The van der Waals surface area contributed by atoms with Gasteiger partial charge in [-0.1, -0.05) is 41.5 Å². The molecule has 0 radical (unpaired) electrons. The third-order valence-corrected chi connectivity index (χ3v) is 6.52. The van der Waals surface area contributed by atoms with Gasteiger partial charge in [-0.3, -0.25) is 9.69 Å². The SMILES string of the molecule is Cc1ccc(C)c(C2=NN(C(=O)CN3CC(C)OC(C)C3)C(c3cc(C)ccc3C)C2)c1. The van der Waals surface area contributed by atoms with Crippen molar-refractivity contribution in [3.8, 4) is 0 Å². The summed E-state index contributed by atoms with van der Waals surface area (Å²) in [5.41, 5.74) is 8.12. The summed E-state index contributed by atoms with van der Waals surface area (Å²) in [5, 5.41) is 6.69. The molecule has 2 aliphatic rings. The minimum Gasteiger partial charge on any atom is -0.373 e. The molecule has 32 heavy (non-hydrogen) atoms. The summed E-state index contributed by atoms with van der Waals surface area (Å²) in [6.07, 6.45) is 0.999. The van der Waals surface area contributed by atoms with Crippen molar-refractivity contribution in [2.45, 2.75) is 66.2 Å². The lowest BCUT2D eigenvalue weighted by Gasteiger charge is -2.35. The van der Waals surface area contributed by atoms with Gasteiger partial charge in [-0.05, 0) is 64.3 Å². The van der Waals surface area contributed by atoms with E-state index in [1.165, 1.54) is 27.8 Å². The molecule has 1 amide bonds. The van der Waals surface area contributed by atoms with Gasteiger partial charge < -0.3 is 4.74 Å². The Bertz CT molecular complexity index is 1040. The van der Waals surface area contributed by atoms with Gasteiger partial charge in [-0.25, -0.2) is 5.01 Å². The predicted molar refractivity (Wildman–Crippen MR) is 129 cm³/mol. The summed E-state index contributed by atoms with van der Waals surface area (Å²) < 4.78 is 5.85. The minimum atomic E-state index is -0.0757. The second kappa shape index (κ2) is 9.16. The number of benzene rings is 2. The van der Waals surface area contributed by atoms with Crippen molar-refractivity contribution < 1.29 is 9.53 Å². The number of morpholine rings is 1. The Morgan fingerprint density at radius 2 is 1.59 bits per heavy atom. The number of hydrogen-bond acceptors (Lipinski definition) is 4. The van der Waals surface area contributed by atoms with E-state index in [9.17, 15) is 4.79 Å². The van der Waals surface area contributed by atoms with Gasteiger partial charge in [-0.15, -0.1) is 0 Å². The molecule has 1 saturated heterocycles. The fourth-order valence-electron chi connectivity index (χ4n) is 4.99. The number of carbonyl (C=O) groups excluding carboxylic acids is 1. The van der Waals surface area contributed by atoms with Crippen LogP contribution in [0.4, 0.5) is 0 Å². The molecule has 5 nitrogen and oxygen atoms in total. The highest BCUT2D eigenvalue weighted by molar-refractivity contribution is 6.04. The van der Waals surface area contributed by atoms with Crippen LogP contribution in [0, 0.1) is 27.7 Å². The van der Waals surface area contributed by atoms with Gasteiger partial charge >= 0.3 is 0 Å². The molecule has 170 valence electrons. The number of amides is 1. The van der Waals surface area contributed by atoms with Crippen LogP contribution in [-0.2, 0) is 9.53 Å². The first kappa shape index (κ1) is 22.7. The van der Waals surface area contributed by atoms with Crippen LogP contribution in [0.1, 0.15) is 59.7 Å². The molecule has 2 aromatic rings. The summed E-state index contributed by atoms with van der Waals surface area (Å²) in [7, 11) is 0. The Morgan fingerprint density at radius 1 is 0.969 bits per heavy atom. The average molecular weight is 434 g/mol. The lowest BCUT2D eigenvalue weighted by Crippen LogP contribution is -2.49. The van der Waals surface area contributed by atoms with Crippen molar-refractivity contribution in [1.29, 1.82) is 0 Å². The number of aryl methyl sites for hydroxylation is 4. The highest BCUT2D eigenvalue weighted by Crippen LogP contribution is 2.36. The average Bonchev–Trinajstić information content (AvgIpc) is 3.16. The first-order valence-electron chi connectivity index (χ1n) is 11.6. The second-order valence-electron chi connectivity index (χ2n) is 9.63. The molecular formula is C27H35N3O2. The number of carbonyl (C=O) groups is 1. The number of ether oxygens (including phenoxy) is 1. The zero-order chi connectivity index (χ0) is 23.0. The fraction of sp³-hybridized carbons (Fsp3) is 0.481. The van der Waals surface area contributed by atoms with E-state index >= 15 is 0 Å². The molecule has 3 atom stereocenters. The lowest BCUT2D eigenvalue weighted by molar-refractivity contribution is -0.137. The summed E-state index contributed by atoms with van der Waals surface area (Å²) in [5.74, 6) is 0.0533. The number of hydrogen-bond donors (Lipinski definition) is 0. The monoisotopic (exact) mass is 433 g/mol. The van der Waals surface area contributed by atoms with Crippen molar-refractivity contribution in [3.63, 3.8) is 0 Å². The molecule has 3 unspecified atom stereocenters. The summed E-state index contributed by atoms with van der Waals surface area (Å²) in [6, 6.07) is 12.9. The highest BCUT2D eigenvalue weighted by Gasteiger charge is 2.36.